The van der Waals surface area contributed by atoms with Crippen molar-refractivity contribution < 1.29 is 16.8 Å². The number of nitrogens with zero attached hydrogens (tertiary/aromatic N) is 2. The minimum Gasteiger partial charge on any atom is -0.207 e. The molecule has 0 spiro atoms. The first kappa shape index (κ1) is 14.1. The van der Waals surface area contributed by atoms with Crippen LogP contribution in [0.15, 0.2) is 46.2 Å². The van der Waals surface area contributed by atoms with E-state index in [-0.39, 0.29) is 9.79 Å². The van der Waals surface area contributed by atoms with E-state index in [1.165, 1.54) is 26.8 Å². The summed E-state index contributed by atoms with van der Waals surface area (Å²) >= 11 is 0. The summed E-state index contributed by atoms with van der Waals surface area (Å²) < 4.78 is 52.3. The second-order valence-corrected chi connectivity index (χ2v) is 9.29. The molecule has 4 rings (SSSR count). The Morgan fingerprint density at radius 1 is 0.773 bits per heavy atom. The van der Waals surface area contributed by atoms with E-state index in [0.717, 1.165) is 0 Å². The van der Waals surface area contributed by atoms with Crippen LogP contribution >= 0.6 is 0 Å². The van der Waals surface area contributed by atoms with Gasteiger partial charge in [-0.15, -0.1) is 0 Å². The van der Waals surface area contributed by atoms with Crippen LogP contribution in [-0.2, 0) is 20.0 Å². The number of benzene rings is 2. The van der Waals surface area contributed by atoms with Crippen molar-refractivity contribution in [3.8, 4) is 0 Å². The van der Waals surface area contributed by atoms with Gasteiger partial charge in [-0.1, -0.05) is 18.2 Å². The molecule has 2 aliphatic rings. The molecule has 2 aromatic carbocycles. The van der Waals surface area contributed by atoms with Crippen LogP contribution in [0.3, 0.4) is 0 Å². The van der Waals surface area contributed by atoms with E-state index in [4.69, 9.17) is 0 Å². The lowest BCUT2D eigenvalue weighted by Gasteiger charge is -2.10. The van der Waals surface area contributed by atoms with Crippen LogP contribution in [0.4, 0.5) is 0 Å². The Morgan fingerprint density at radius 3 is 2.05 bits per heavy atom. The van der Waals surface area contributed by atoms with Gasteiger partial charge in [0.25, 0.3) is 0 Å². The molecule has 0 saturated carbocycles. The Hall–Kier alpha value is -1.48. The zero-order valence-electron chi connectivity index (χ0n) is 11.6. The van der Waals surface area contributed by atoms with Crippen LogP contribution in [0.5, 0.6) is 0 Å². The normalized spacial score (nSPS) is 19.5. The van der Waals surface area contributed by atoms with Crippen LogP contribution in [0.1, 0.15) is 0 Å². The van der Waals surface area contributed by atoms with Gasteiger partial charge in [0.05, 0.1) is 9.79 Å². The number of hydrogen-bond acceptors (Lipinski definition) is 4. The Labute approximate surface area is 129 Å². The molecule has 22 heavy (non-hydrogen) atoms. The Kier molecular flexibility index (Phi) is 2.90. The van der Waals surface area contributed by atoms with Gasteiger partial charge in [-0.3, -0.25) is 0 Å². The maximum Gasteiger partial charge on any atom is 0.243 e. The topological polar surface area (TPSA) is 74.3 Å². The van der Waals surface area contributed by atoms with Crippen molar-refractivity contribution in [1.82, 2.24) is 8.61 Å². The second-order valence-electron chi connectivity index (χ2n) is 5.45. The van der Waals surface area contributed by atoms with Crippen LogP contribution < -0.4 is 0 Å². The van der Waals surface area contributed by atoms with Crippen molar-refractivity contribution in [2.45, 2.75) is 9.79 Å². The Balaban J connectivity index is 1.95. The quantitative estimate of drug-likeness (QED) is 0.775. The zero-order chi connectivity index (χ0) is 15.5. The third kappa shape index (κ3) is 2.14. The molecule has 6 nitrogen and oxygen atoms in total. The first-order valence-electron chi connectivity index (χ1n) is 6.94. The van der Waals surface area contributed by atoms with E-state index in [0.29, 0.717) is 37.0 Å². The van der Waals surface area contributed by atoms with E-state index >= 15 is 0 Å². The highest BCUT2D eigenvalue weighted by Gasteiger charge is 2.36. The summed E-state index contributed by atoms with van der Waals surface area (Å²) in [5.74, 6) is 0. The fourth-order valence-electron chi connectivity index (χ4n) is 2.46. The highest BCUT2D eigenvalue weighted by atomic mass is 32.2. The molecule has 0 unspecified atom stereocenters. The van der Waals surface area contributed by atoms with Gasteiger partial charge in [0.2, 0.25) is 20.0 Å². The van der Waals surface area contributed by atoms with Crippen molar-refractivity contribution in [2.75, 3.05) is 26.2 Å². The third-order valence-corrected chi connectivity index (χ3v) is 7.73. The smallest absolute Gasteiger partial charge is 0.207 e. The van der Waals surface area contributed by atoms with Gasteiger partial charge in [0, 0.05) is 31.6 Å². The average Bonchev–Trinajstić information content (AvgIpc) is 3.37. The molecule has 116 valence electrons. The van der Waals surface area contributed by atoms with E-state index in [9.17, 15) is 16.8 Å². The molecule has 0 atom stereocenters. The fourth-order valence-corrected chi connectivity index (χ4v) is 5.37. The lowest BCUT2D eigenvalue weighted by Crippen LogP contribution is -2.13. The maximum atomic E-state index is 12.5. The molecule has 8 heteroatoms. The van der Waals surface area contributed by atoms with E-state index < -0.39 is 20.0 Å². The van der Waals surface area contributed by atoms with Gasteiger partial charge < -0.3 is 0 Å². The van der Waals surface area contributed by atoms with E-state index in [1.807, 2.05) is 0 Å². The summed E-state index contributed by atoms with van der Waals surface area (Å²) in [4.78, 5) is 0.316. The fraction of sp³-hybridized carbons (Fsp3) is 0.286. The van der Waals surface area contributed by atoms with E-state index in [2.05, 4.69) is 0 Å². The van der Waals surface area contributed by atoms with Crippen molar-refractivity contribution in [2.24, 2.45) is 0 Å². The Bertz CT molecular complexity index is 975. The Morgan fingerprint density at radius 2 is 1.41 bits per heavy atom. The predicted octanol–water partition coefficient (Wildman–Crippen LogP) is 0.848. The monoisotopic (exact) mass is 338 g/mol. The third-order valence-electron chi connectivity index (χ3n) is 3.88. The van der Waals surface area contributed by atoms with Crippen LogP contribution in [-0.4, -0.2) is 51.6 Å². The molecule has 0 aromatic heterocycles. The zero-order valence-corrected chi connectivity index (χ0v) is 13.3. The summed E-state index contributed by atoms with van der Waals surface area (Å²) in [6.45, 7) is 2.08. The van der Waals surface area contributed by atoms with Gasteiger partial charge >= 0.3 is 0 Å². The second kappa shape index (κ2) is 4.51. The first-order chi connectivity index (χ1) is 10.4. The molecular formula is C14H14N2O4S2. The predicted molar refractivity (Wildman–Crippen MR) is 81.5 cm³/mol. The molecule has 2 aliphatic heterocycles. The lowest BCUT2D eigenvalue weighted by molar-refractivity contribution is 0.561. The average molecular weight is 338 g/mol. The standard InChI is InChI=1S/C14H14N2O4S2/c17-21(18,15-6-7-15)12-5-4-11-2-1-3-14(13(11)10-12)22(19,20)16-8-9-16/h1-5,10H,6-9H2. The number of sulfonamides is 2. The molecular weight excluding hydrogens is 324 g/mol. The highest BCUT2D eigenvalue weighted by Crippen LogP contribution is 2.31. The minimum absolute atomic E-state index is 0.144. The molecule has 2 fully saturated rings. The van der Waals surface area contributed by atoms with Gasteiger partial charge in [-0.05, 0) is 23.6 Å². The molecule has 0 amide bonds. The molecule has 0 radical (unpaired) electrons. The van der Waals surface area contributed by atoms with Crippen molar-refractivity contribution >= 4 is 30.8 Å². The van der Waals surface area contributed by atoms with Crippen molar-refractivity contribution in [3.05, 3.63) is 36.4 Å². The van der Waals surface area contributed by atoms with Crippen LogP contribution in [0.25, 0.3) is 10.8 Å². The van der Waals surface area contributed by atoms with Crippen molar-refractivity contribution in [1.29, 1.82) is 0 Å². The van der Waals surface area contributed by atoms with E-state index in [1.54, 1.807) is 18.2 Å². The number of fused-ring (bicyclic) bond motifs is 1. The van der Waals surface area contributed by atoms with Crippen LogP contribution in [0, 0.1) is 0 Å². The lowest BCUT2D eigenvalue weighted by atomic mass is 10.1. The number of rotatable bonds is 4. The van der Waals surface area contributed by atoms with Crippen LogP contribution in [0.2, 0.25) is 0 Å². The summed E-state index contributed by atoms with van der Waals surface area (Å²) in [6.07, 6.45) is 0. The SMILES string of the molecule is O=S(=O)(c1ccc2cccc(S(=O)(=O)N3CC3)c2c1)N1CC1. The maximum absolute atomic E-state index is 12.5. The minimum atomic E-state index is -3.53. The summed E-state index contributed by atoms with van der Waals surface area (Å²) in [6, 6.07) is 9.65. The molecule has 0 aliphatic carbocycles. The van der Waals surface area contributed by atoms with Gasteiger partial charge in [0.1, 0.15) is 0 Å². The summed E-state index contributed by atoms with van der Waals surface area (Å²) in [5, 5.41) is 1.17. The summed E-state index contributed by atoms with van der Waals surface area (Å²) in [7, 11) is -7.03. The van der Waals surface area contributed by atoms with Gasteiger partial charge in [0.15, 0.2) is 0 Å². The van der Waals surface area contributed by atoms with Gasteiger partial charge in [-0.2, -0.15) is 8.61 Å². The highest BCUT2D eigenvalue weighted by molar-refractivity contribution is 7.90. The molecule has 2 heterocycles. The number of hydrogen-bond donors (Lipinski definition) is 0. The first-order valence-corrected chi connectivity index (χ1v) is 9.82. The van der Waals surface area contributed by atoms with Crippen molar-refractivity contribution in [3.63, 3.8) is 0 Å². The molecule has 0 N–H and O–H groups in total. The summed E-state index contributed by atoms with van der Waals surface area (Å²) in [5.41, 5.74) is 0. The molecule has 2 aromatic rings. The largest absolute Gasteiger partial charge is 0.243 e. The molecule has 2 saturated heterocycles. The molecule has 0 bridgehead atoms. The van der Waals surface area contributed by atoms with Gasteiger partial charge in [-0.25, -0.2) is 16.8 Å².